The van der Waals surface area contributed by atoms with Gasteiger partial charge in [-0.1, -0.05) is 24.8 Å². The maximum absolute atomic E-state index is 11.9. The van der Waals surface area contributed by atoms with Crippen molar-refractivity contribution in [2.45, 2.75) is 19.8 Å². The largest absolute Gasteiger partial charge is 0.462 e. The summed E-state index contributed by atoms with van der Waals surface area (Å²) < 4.78 is 4.93. The highest BCUT2D eigenvalue weighted by Crippen LogP contribution is 2.12. The minimum Gasteiger partial charge on any atom is -0.462 e. The second-order valence-electron chi connectivity index (χ2n) is 4.31. The lowest BCUT2D eigenvalue weighted by molar-refractivity contribution is -0.139. The summed E-state index contributed by atoms with van der Waals surface area (Å²) in [5.74, 6) is -0.415. The first-order chi connectivity index (χ1) is 9.02. The number of nitrogens with zero attached hydrogens (tertiary/aromatic N) is 1. The van der Waals surface area contributed by atoms with Crippen LogP contribution in [-0.2, 0) is 14.3 Å². The second kappa shape index (κ2) is 7.36. The topological polar surface area (TPSA) is 46.6 Å². The lowest BCUT2D eigenvalue weighted by Gasteiger charge is -2.17. The van der Waals surface area contributed by atoms with E-state index in [1.54, 1.807) is 18.9 Å². The van der Waals surface area contributed by atoms with Crippen molar-refractivity contribution in [3.63, 3.8) is 0 Å². The van der Waals surface area contributed by atoms with Gasteiger partial charge in [-0.25, -0.2) is 4.79 Å². The Morgan fingerprint density at radius 3 is 2.47 bits per heavy atom. The molecule has 19 heavy (non-hydrogen) atoms. The third kappa shape index (κ3) is 4.95. The van der Waals surface area contributed by atoms with Crippen molar-refractivity contribution in [1.29, 1.82) is 0 Å². The first-order valence-electron chi connectivity index (χ1n) is 6.16. The molecule has 0 fully saturated rings. The smallest absolute Gasteiger partial charge is 0.333 e. The molecular formula is C15H19NO3. The molecule has 1 amide bonds. The standard InChI is InChI=1S/C15H19NO3/c1-12(2)15(18)19-11-7-10-14(17)16(3)13-8-5-4-6-9-13/h4-6,8-9H,1,7,10-11H2,2-3H3. The Morgan fingerprint density at radius 2 is 1.89 bits per heavy atom. The van der Waals surface area contributed by atoms with Crippen LogP contribution in [0.1, 0.15) is 19.8 Å². The van der Waals surface area contributed by atoms with Crippen LogP contribution in [0.2, 0.25) is 0 Å². The van der Waals surface area contributed by atoms with Gasteiger partial charge in [-0.05, 0) is 25.5 Å². The van der Waals surface area contributed by atoms with E-state index in [0.29, 0.717) is 18.4 Å². The van der Waals surface area contributed by atoms with Crippen molar-refractivity contribution in [3.8, 4) is 0 Å². The van der Waals surface area contributed by atoms with E-state index in [9.17, 15) is 9.59 Å². The van der Waals surface area contributed by atoms with Gasteiger partial charge < -0.3 is 9.64 Å². The minimum atomic E-state index is -0.413. The quantitative estimate of drug-likeness (QED) is 0.449. The number of anilines is 1. The van der Waals surface area contributed by atoms with E-state index < -0.39 is 5.97 Å². The van der Waals surface area contributed by atoms with E-state index in [1.165, 1.54) is 0 Å². The average molecular weight is 261 g/mol. The molecule has 0 unspecified atom stereocenters. The number of para-hydroxylation sites is 1. The summed E-state index contributed by atoms with van der Waals surface area (Å²) in [5.41, 5.74) is 1.22. The van der Waals surface area contributed by atoms with E-state index in [-0.39, 0.29) is 12.5 Å². The third-order valence-corrected chi connectivity index (χ3v) is 2.63. The van der Waals surface area contributed by atoms with Gasteiger partial charge in [0.05, 0.1) is 6.61 Å². The molecule has 0 aromatic heterocycles. The fourth-order valence-corrected chi connectivity index (χ4v) is 1.47. The summed E-state index contributed by atoms with van der Waals surface area (Å²) in [6, 6.07) is 9.42. The number of esters is 1. The van der Waals surface area contributed by atoms with Gasteiger partial charge in [0, 0.05) is 24.7 Å². The molecular weight excluding hydrogens is 242 g/mol. The summed E-state index contributed by atoms with van der Waals surface area (Å²) in [7, 11) is 1.73. The van der Waals surface area contributed by atoms with Crippen molar-refractivity contribution in [3.05, 3.63) is 42.5 Å². The van der Waals surface area contributed by atoms with Crippen molar-refractivity contribution < 1.29 is 14.3 Å². The molecule has 1 rings (SSSR count). The number of hydrogen-bond donors (Lipinski definition) is 0. The molecule has 4 nitrogen and oxygen atoms in total. The van der Waals surface area contributed by atoms with Crippen LogP contribution in [0.4, 0.5) is 5.69 Å². The maximum atomic E-state index is 11.9. The Kier molecular flexibility index (Phi) is 5.79. The summed E-state index contributed by atoms with van der Waals surface area (Å²) in [6.07, 6.45) is 0.851. The number of hydrogen-bond acceptors (Lipinski definition) is 3. The lowest BCUT2D eigenvalue weighted by Crippen LogP contribution is -2.26. The van der Waals surface area contributed by atoms with Gasteiger partial charge in [-0.3, -0.25) is 4.79 Å². The molecule has 0 atom stereocenters. The van der Waals surface area contributed by atoms with Crippen LogP contribution in [0.15, 0.2) is 42.5 Å². The van der Waals surface area contributed by atoms with E-state index in [4.69, 9.17) is 4.74 Å². The zero-order chi connectivity index (χ0) is 14.3. The van der Waals surface area contributed by atoms with Crippen LogP contribution in [0.3, 0.4) is 0 Å². The fraction of sp³-hybridized carbons (Fsp3) is 0.333. The Morgan fingerprint density at radius 1 is 1.26 bits per heavy atom. The Labute approximate surface area is 113 Å². The molecule has 4 heteroatoms. The van der Waals surface area contributed by atoms with Gasteiger partial charge in [-0.15, -0.1) is 0 Å². The summed E-state index contributed by atoms with van der Waals surface area (Å²) >= 11 is 0. The van der Waals surface area contributed by atoms with Crippen LogP contribution in [0, 0.1) is 0 Å². The highest BCUT2D eigenvalue weighted by molar-refractivity contribution is 5.92. The fourth-order valence-electron chi connectivity index (χ4n) is 1.47. The van der Waals surface area contributed by atoms with Gasteiger partial charge in [0.15, 0.2) is 0 Å². The predicted molar refractivity (Wildman–Crippen MR) is 74.9 cm³/mol. The number of carbonyl (C=O) groups excluding carboxylic acids is 2. The minimum absolute atomic E-state index is 0.00225. The molecule has 1 aromatic rings. The van der Waals surface area contributed by atoms with E-state index in [0.717, 1.165) is 5.69 Å². The zero-order valence-electron chi connectivity index (χ0n) is 11.4. The Balaban J connectivity index is 2.32. The van der Waals surface area contributed by atoms with Gasteiger partial charge in [0.1, 0.15) is 0 Å². The normalized spacial score (nSPS) is 9.79. The second-order valence-corrected chi connectivity index (χ2v) is 4.31. The SMILES string of the molecule is C=C(C)C(=O)OCCCC(=O)N(C)c1ccccc1. The number of ether oxygens (including phenoxy) is 1. The molecule has 0 saturated heterocycles. The zero-order valence-corrected chi connectivity index (χ0v) is 11.4. The number of amides is 1. The molecule has 0 heterocycles. The van der Waals surface area contributed by atoms with Crippen LogP contribution in [-0.4, -0.2) is 25.5 Å². The van der Waals surface area contributed by atoms with Crippen LogP contribution >= 0.6 is 0 Å². The van der Waals surface area contributed by atoms with Gasteiger partial charge >= 0.3 is 5.97 Å². The van der Waals surface area contributed by atoms with Gasteiger partial charge in [0.2, 0.25) is 5.91 Å². The molecule has 0 saturated carbocycles. The third-order valence-electron chi connectivity index (χ3n) is 2.63. The van der Waals surface area contributed by atoms with Crippen LogP contribution in [0.25, 0.3) is 0 Å². The summed E-state index contributed by atoms with van der Waals surface area (Å²) in [6.45, 7) is 5.32. The van der Waals surface area contributed by atoms with E-state index in [2.05, 4.69) is 6.58 Å². The molecule has 0 N–H and O–H groups in total. The molecule has 102 valence electrons. The molecule has 0 radical (unpaired) electrons. The Bertz CT molecular complexity index is 454. The van der Waals surface area contributed by atoms with Crippen LogP contribution in [0.5, 0.6) is 0 Å². The number of rotatable bonds is 6. The number of carbonyl (C=O) groups is 2. The lowest BCUT2D eigenvalue weighted by atomic mass is 10.2. The average Bonchev–Trinajstić information content (AvgIpc) is 2.43. The molecule has 0 spiro atoms. The summed E-state index contributed by atoms with van der Waals surface area (Å²) in [4.78, 5) is 24.6. The molecule has 0 aliphatic rings. The van der Waals surface area contributed by atoms with Crippen molar-refractivity contribution >= 4 is 17.6 Å². The highest BCUT2D eigenvalue weighted by Gasteiger charge is 2.10. The van der Waals surface area contributed by atoms with Gasteiger partial charge in [0.25, 0.3) is 0 Å². The predicted octanol–water partition coefficient (Wildman–Crippen LogP) is 2.55. The van der Waals surface area contributed by atoms with Gasteiger partial charge in [-0.2, -0.15) is 0 Å². The molecule has 0 aliphatic carbocycles. The Hall–Kier alpha value is -2.10. The van der Waals surface area contributed by atoms with Crippen molar-refractivity contribution in [2.24, 2.45) is 0 Å². The van der Waals surface area contributed by atoms with E-state index in [1.807, 2.05) is 30.3 Å². The molecule has 1 aromatic carbocycles. The van der Waals surface area contributed by atoms with Crippen molar-refractivity contribution in [2.75, 3.05) is 18.6 Å². The summed E-state index contributed by atoms with van der Waals surface area (Å²) in [5, 5.41) is 0. The maximum Gasteiger partial charge on any atom is 0.333 e. The molecule has 0 aliphatic heterocycles. The van der Waals surface area contributed by atoms with E-state index >= 15 is 0 Å². The monoisotopic (exact) mass is 261 g/mol. The highest BCUT2D eigenvalue weighted by atomic mass is 16.5. The first kappa shape index (κ1) is 15.0. The van der Waals surface area contributed by atoms with Crippen LogP contribution < -0.4 is 4.90 Å². The van der Waals surface area contributed by atoms with Crippen molar-refractivity contribution in [1.82, 2.24) is 0 Å². The molecule has 0 bridgehead atoms. The first-order valence-corrected chi connectivity index (χ1v) is 6.16. The number of benzene rings is 1.